The summed E-state index contributed by atoms with van der Waals surface area (Å²) in [4.78, 5) is 27.6. The van der Waals surface area contributed by atoms with Gasteiger partial charge in [-0.25, -0.2) is 12.8 Å². The summed E-state index contributed by atoms with van der Waals surface area (Å²) in [5.74, 6) is -2.25. The Morgan fingerprint density at radius 2 is 1.85 bits per heavy atom. The third-order valence-electron chi connectivity index (χ3n) is 4.14. The van der Waals surface area contributed by atoms with Crippen LogP contribution >= 0.6 is 0 Å². The molecular weight excluding hydrogens is 373 g/mol. The van der Waals surface area contributed by atoms with Crippen molar-refractivity contribution in [3.8, 4) is 0 Å². The second-order valence-corrected chi connectivity index (χ2v) is 8.36. The number of halogens is 1. The second kappa shape index (κ2) is 7.83. The summed E-state index contributed by atoms with van der Waals surface area (Å²) in [5, 5.41) is 3.74. The average Bonchev–Trinajstić information content (AvgIpc) is 3.46. The first-order chi connectivity index (χ1) is 12.9. The van der Waals surface area contributed by atoms with Gasteiger partial charge in [0, 0.05) is 25.0 Å². The summed E-state index contributed by atoms with van der Waals surface area (Å²) in [5.41, 5.74) is 0.352. The molecule has 0 spiro atoms. The van der Waals surface area contributed by atoms with Gasteiger partial charge in [0.15, 0.2) is 9.84 Å². The monoisotopic (exact) mass is 391 g/mol. The van der Waals surface area contributed by atoms with Gasteiger partial charge in [0.1, 0.15) is 11.1 Å². The molecule has 2 N–H and O–H groups in total. The largest absolute Gasteiger partial charge is 0.346 e. The first-order valence-electron chi connectivity index (χ1n) is 8.36. The van der Waals surface area contributed by atoms with Crippen LogP contribution < -0.4 is 10.6 Å². The topological polar surface area (TPSA) is 105 Å². The fourth-order valence-electron chi connectivity index (χ4n) is 2.51. The van der Waals surface area contributed by atoms with Gasteiger partial charge in [0.2, 0.25) is 0 Å². The van der Waals surface area contributed by atoms with Gasteiger partial charge in [-0.2, -0.15) is 0 Å². The van der Waals surface area contributed by atoms with Gasteiger partial charge in [0.05, 0.1) is 4.90 Å². The maximum Gasteiger partial charge on any atom is 0.309 e. The van der Waals surface area contributed by atoms with Crippen LogP contribution in [0.15, 0.2) is 53.7 Å². The number of pyridine rings is 1. The van der Waals surface area contributed by atoms with Crippen LogP contribution in [-0.2, 0) is 19.4 Å². The number of nitrogens with zero attached hydrogens (tertiary/aromatic N) is 1. The Morgan fingerprint density at radius 1 is 1.15 bits per heavy atom. The second-order valence-electron chi connectivity index (χ2n) is 6.23. The molecule has 0 saturated heterocycles. The molecule has 7 nitrogen and oxygen atoms in total. The molecule has 0 aliphatic heterocycles. The van der Waals surface area contributed by atoms with Crippen LogP contribution in [-0.4, -0.2) is 37.8 Å². The first kappa shape index (κ1) is 19.0. The van der Waals surface area contributed by atoms with Gasteiger partial charge in [-0.15, -0.1) is 0 Å². The zero-order valence-corrected chi connectivity index (χ0v) is 15.1. The summed E-state index contributed by atoms with van der Waals surface area (Å²) in [6.07, 6.45) is 4.53. The molecule has 0 radical (unpaired) electrons. The number of carbonyl (C=O) groups is 2. The molecule has 3 rings (SSSR count). The van der Waals surface area contributed by atoms with E-state index in [1.54, 1.807) is 12.1 Å². The normalized spacial score (nSPS) is 15.0. The Hall–Kier alpha value is -2.81. The van der Waals surface area contributed by atoms with Gasteiger partial charge < -0.3 is 10.6 Å². The summed E-state index contributed by atoms with van der Waals surface area (Å²) in [6.45, 7) is -0.317. The molecule has 1 heterocycles. The third-order valence-corrected chi connectivity index (χ3v) is 6.26. The molecule has 9 heteroatoms. The van der Waals surface area contributed by atoms with E-state index >= 15 is 0 Å². The maximum atomic E-state index is 13.1. The van der Waals surface area contributed by atoms with Crippen LogP contribution in [0.4, 0.5) is 4.39 Å². The number of rotatable bonds is 6. The van der Waals surface area contributed by atoms with Crippen molar-refractivity contribution in [3.63, 3.8) is 0 Å². The van der Waals surface area contributed by atoms with Crippen LogP contribution in [0.2, 0.25) is 0 Å². The Balaban J connectivity index is 1.81. The molecule has 1 aromatic heterocycles. The Kier molecular flexibility index (Phi) is 5.50. The van der Waals surface area contributed by atoms with Gasteiger partial charge in [-0.05, 0) is 48.7 Å². The lowest BCUT2D eigenvalue weighted by atomic mass is 10.2. The SMILES string of the molecule is O=C(NC[C@@H](c1cccnc1)S(=O)(=O)c1ccc(F)cc1)C(=O)NC1CC1. The van der Waals surface area contributed by atoms with Gasteiger partial charge >= 0.3 is 11.8 Å². The fraction of sp³-hybridized carbons (Fsp3) is 0.278. The molecule has 2 amide bonds. The van der Waals surface area contributed by atoms with Gasteiger partial charge in [-0.3, -0.25) is 14.6 Å². The molecule has 1 saturated carbocycles. The van der Waals surface area contributed by atoms with Crippen molar-refractivity contribution < 1.29 is 22.4 Å². The molecule has 142 valence electrons. The van der Waals surface area contributed by atoms with Crippen LogP contribution in [0.1, 0.15) is 23.7 Å². The standard InChI is InChI=1S/C18H18FN3O4S/c19-13-3-7-15(8-4-13)27(25,26)16(12-2-1-9-20-10-12)11-21-17(23)18(24)22-14-5-6-14/h1-4,7-10,14,16H,5-6,11H2,(H,21,23)(H,22,24)/t16-/m0/s1. The highest BCUT2D eigenvalue weighted by atomic mass is 32.2. The highest BCUT2D eigenvalue weighted by Crippen LogP contribution is 2.28. The number of hydrogen-bond acceptors (Lipinski definition) is 5. The van der Waals surface area contributed by atoms with Crippen molar-refractivity contribution in [2.45, 2.75) is 29.0 Å². The highest BCUT2D eigenvalue weighted by molar-refractivity contribution is 7.91. The lowest BCUT2D eigenvalue weighted by molar-refractivity contribution is -0.139. The molecule has 1 fully saturated rings. The number of amides is 2. The molecule has 1 aliphatic carbocycles. The summed E-state index contributed by atoms with van der Waals surface area (Å²) in [7, 11) is -3.96. The molecule has 27 heavy (non-hydrogen) atoms. The van der Waals surface area contributed by atoms with Crippen LogP contribution in [0.5, 0.6) is 0 Å². The third kappa shape index (κ3) is 4.68. The first-order valence-corrected chi connectivity index (χ1v) is 9.90. The molecule has 1 atom stereocenters. The molecule has 2 aromatic rings. The van der Waals surface area contributed by atoms with E-state index in [0.29, 0.717) is 5.56 Å². The average molecular weight is 391 g/mol. The van der Waals surface area contributed by atoms with Crippen molar-refractivity contribution in [3.05, 3.63) is 60.2 Å². The van der Waals surface area contributed by atoms with E-state index in [4.69, 9.17) is 0 Å². The number of aromatic nitrogens is 1. The number of hydrogen-bond donors (Lipinski definition) is 2. The molecule has 1 aromatic carbocycles. The van der Waals surface area contributed by atoms with Crippen molar-refractivity contribution in [2.24, 2.45) is 0 Å². The number of nitrogens with one attached hydrogen (secondary N) is 2. The maximum absolute atomic E-state index is 13.1. The smallest absolute Gasteiger partial charge is 0.309 e. The minimum absolute atomic E-state index is 0.0142. The Bertz CT molecular complexity index is 929. The summed E-state index contributed by atoms with van der Waals surface area (Å²) < 4.78 is 39.2. The Morgan fingerprint density at radius 3 is 2.44 bits per heavy atom. The number of sulfone groups is 1. The minimum atomic E-state index is -3.96. The number of carbonyl (C=O) groups excluding carboxylic acids is 2. The van der Waals surface area contributed by atoms with Crippen molar-refractivity contribution in [1.29, 1.82) is 0 Å². The van der Waals surface area contributed by atoms with Crippen LogP contribution in [0, 0.1) is 5.82 Å². The predicted octanol–water partition coefficient (Wildman–Crippen LogP) is 1.13. The zero-order valence-electron chi connectivity index (χ0n) is 14.3. The Labute approximate surface area is 155 Å². The molecular formula is C18H18FN3O4S. The molecule has 0 unspecified atom stereocenters. The van der Waals surface area contributed by atoms with E-state index in [2.05, 4.69) is 15.6 Å². The van der Waals surface area contributed by atoms with E-state index in [-0.39, 0.29) is 17.5 Å². The quantitative estimate of drug-likeness (QED) is 0.567. The highest BCUT2D eigenvalue weighted by Gasteiger charge is 2.31. The van der Waals surface area contributed by atoms with Crippen LogP contribution in [0.25, 0.3) is 0 Å². The van der Waals surface area contributed by atoms with Gasteiger partial charge in [-0.1, -0.05) is 6.07 Å². The minimum Gasteiger partial charge on any atom is -0.346 e. The van der Waals surface area contributed by atoms with E-state index in [1.165, 1.54) is 12.4 Å². The van der Waals surface area contributed by atoms with E-state index in [9.17, 15) is 22.4 Å². The van der Waals surface area contributed by atoms with Crippen molar-refractivity contribution in [1.82, 2.24) is 15.6 Å². The molecule has 1 aliphatic rings. The number of benzene rings is 1. The zero-order chi connectivity index (χ0) is 19.4. The lowest BCUT2D eigenvalue weighted by Gasteiger charge is -2.18. The van der Waals surface area contributed by atoms with Gasteiger partial charge in [0.25, 0.3) is 0 Å². The molecule has 0 bridgehead atoms. The fourth-order valence-corrected chi connectivity index (χ4v) is 4.15. The summed E-state index contributed by atoms with van der Waals surface area (Å²) in [6, 6.07) is 7.58. The van der Waals surface area contributed by atoms with Crippen LogP contribution in [0.3, 0.4) is 0 Å². The van der Waals surface area contributed by atoms with E-state index in [1.807, 2.05) is 0 Å². The van der Waals surface area contributed by atoms with E-state index in [0.717, 1.165) is 37.1 Å². The lowest BCUT2D eigenvalue weighted by Crippen LogP contribution is -2.43. The summed E-state index contributed by atoms with van der Waals surface area (Å²) >= 11 is 0. The van der Waals surface area contributed by atoms with E-state index < -0.39 is 32.7 Å². The van der Waals surface area contributed by atoms with Crippen molar-refractivity contribution in [2.75, 3.05) is 6.54 Å². The van der Waals surface area contributed by atoms with Crippen molar-refractivity contribution >= 4 is 21.7 Å². The predicted molar refractivity (Wildman–Crippen MR) is 94.7 cm³/mol.